The highest BCUT2D eigenvalue weighted by Gasteiger charge is 2.08. The van der Waals surface area contributed by atoms with Gasteiger partial charge in [-0.15, -0.1) is 5.10 Å². The van der Waals surface area contributed by atoms with Crippen LogP contribution in [0.4, 0.5) is 5.95 Å². The number of nitrogens with zero attached hydrogens (tertiary/aromatic N) is 2. The Morgan fingerprint density at radius 1 is 1.50 bits per heavy atom. The van der Waals surface area contributed by atoms with E-state index in [1.165, 1.54) is 6.07 Å². The quantitative estimate of drug-likeness (QED) is 0.744. The van der Waals surface area contributed by atoms with E-state index < -0.39 is 5.91 Å². The van der Waals surface area contributed by atoms with Crippen molar-refractivity contribution >= 4 is 11.9 Å². The van der Waals surface area contributed by atoms with E-state index in [2.05, 4.69) is 20.5 Å². The van der Waals surface area contributed by atoms with Crippen molar-refractivity contribution in [2.24, 2.45) is 0 Å². The van der Waals surface area contributed by atoms with Crippen LogP contribution in [0, 0.1) is 6.92 Å². The molecule has 1 amide bonds. The van der Waals surface area contributed by atoms with Gasteiger partial charge in [0, 0.05) is 0 Å². The number of hydrogen-bond donors (Lipinski definition) is 3. The number of aryl methyl sites for hydroxylation is 1. The molecule has 0 aliphatic heterocycles. The highest BCUT2D eigenvalue weighted by molar-refractivity contribution is 5.90. The van der Waals surface area contributed by atoms with Crippen LogP contribution in [-0.2, 0) is 4.79 Å². The zero-order valence-electron chi connectivity index (χ0n) is 9.67. The molecule has 3 N–H and O–H groups in total. The van der Waals surface area contributed by atoms with Crippen LogP contribution < -0.4 is 10.1 Å². The number of benzene rings is 1. The van der Waals surface area contributed by atoms with Gasteiger partial charge in [-0.3, -0.25) is 15.2 Å². The Bertz CT molecular complexity index is 553. The van der Waals surface area contributed by atoms with E-state index in [1.54, 1.807) is 25.1 Å². The molecule has 0 saturated carbocycles. The topological polar surface area (TPSA) is 100 Å². The largest absolute Gasteiger partial charge is 0.504 e. The molecule has 18 heavy (non-hydrogen) atoms. The van der Waals surface area contributed by atoms with Crippen LogP contribution in [0.2, 0.25) is 0 Å². The first-order valence-electron chi connectivity index (χ1n) is 5.25. The van der Waals surface area contributed by atoms with E-state index in [1.807, 2.05) is 0 Å². The number of aromatic hydroxyl groups is 1. The molecule has 2 aromatic rings. The number of ether oxygens (including phenoxy) is 1. The molecule has 7 heteroatoms. The van der Waals surface area contributed by atoms with E-state index in [0.29, 0.717) is 5.82 Å². The molecule has 94 valence electrons. The van der Waals surface area contributed by atoms with E-state index >= 15 is 0 Å². The number of carbonyl (C=O) groups excluding carboxylic acids is 1. The minimum Gasteiger partial charge on any atom is -0.504 e. The van der Waals surface area contributed by atoms with Crippen molar-refractivity contribution in [2.45, 2.75) is 6.92 Å². The SMILES string of the molecule is Cc1nc(NC(=O)COc2ccccc2O)n[nH]1. The third-order valence-electron chi connectivity index (χ3n) is 2.07. The van der Waals surface area contributed by atoms with Crippen LogP contribution in [-0.4, -0.2) is 32.8 Å². The molecule has 0 radical (unpaired) electrons. The molecular weight excluding hydrogens is 236 g/mol. The maximum atomic E-state index is 11.5. The summed E-state index contributed by atoms with van der Waals surface area (Å²) in [5, 5.41) is 18.2. The van der Waals surface area contributed by atoms with Gasteiger partial charge < -0.3 is 9.84 Å². The van der Waals surface area contributed by atoms with Crippen LogP contribution in [0.25, 0.3) is 0 Å². The Balaban J connectivity index is 1.87. The van der Waals surface area contributed by atoms with Crippen molar-refractivity contribution in [3.63, 3.8) is 0 Å². The number of H-pyrrole nitrogens is 1. The molecule has 0 atom stereocenters. The number of aromatic amines is 1. The molecule has 7 nitrogen and oxygen atoms in total. The summed E-state index contributed by atoms with van der Waals surface area (Å²) in [7, 11) is 0. The summed E-state index contributed by atoms with van der Waals surface area (Å²) in [6, 6.07) is 6.41. The highest BCUT2D eigenvalue weighted by atomic mass is 16.5. The van der Waals surface area contributed by atoms with Crippen LogP contribution in [0.1, 0.15) is 5.82 Å². The maximum Gasteiger partial charge on any atom is 0.264 e. The average Bonchev–Trinajstić information content (AvgIpc) is 2.74. The number of amides is 1. The van der Waals surface area contributed by atoms with Crippen molar-refractivity contribution in [1.82, 2.24) is 15.2 Å². The first-order chi connectivity index (χ1) is 8.65. The molecule has 0 aliphatic carbocycles. The number of nitrogens with one attached hydrogen (secondary N) is 2. The van der Waals surface area contributed by atoms with E-state index in [4.69, 9.17) is 4.74 Å². The molecule has 0 spiro atoms. The second-order valence-corrected chi connectivity index (χ2v) is 3.55. The number of phenolic OH excluding ortho intramolecular Hbond substituents is 1. The van der Waals surface area contributed by atoms with Gasteiger partial charge in [-0.2, -0.15) is 4.98 Å². The van der Waals surface area contributed by atoms with Crippen LogP contribution >= 0.6 is 0 Å². The number of rotatable bonds is 4. The molecule has 0 aliphatic rings. The van der Waals surface area contributed by atoms with Crippen molar-refractivity contribution in [3.05, 3.63) is 30.1 Å². The summed E-state index contributed by atoms with van der Waals surface area (Å²) in [5.74, 6) is 0.625. The smallest absolute Gasteiger partial charge is 0.264 e. The lowest BCUT2D eigenvalue weighted by atomic mass is 10.3. The number of para-hydroxylation sites is 2. The van der Waals surface area contributed by atoms with Crippen molar-refractivity contribution in [2.75, 3.05) is 11.9 Å². The molecule has 1 aromatic heterocycles. The van der Waals surface area contributed by atoms with E-state index in [0.717, 1.165) is 0 Å². The van der Waals surface area contributed by atoms with Gasteiger partial charge in [-0.1, -0.05) is 12.1 Å². The lowest BCUT2D eigenvalue weighted by Crippen LogP contribution is -2.20. The molecule has 1 aromatic carbocycles. The second-order valence-electron chi connectivity index (χ2n) is 3.55. The van der Waals surface area contributed by atoms with Gasteiger partial charge in [-0.05, 0) is 19.1 Å². The van der Waals surface area contributed by atoms with Crippen molar-refractivity contribution in [1.29, 1.82) is 0 Å². The summed E-state index contributed by atoms with van der Waals surface area (Å²) in [6.45, 7) is 1.49. The van der Waals surface area contributed by atoms with Crippen LogP contribution in [0.15, 0.2) is 24.3 Å². The monoisotopic (exact) mass is 248 g/mol. The van der Waals surface area contributed by atoms with Crippen LogP contribution in [0.5, 0.6) is 11.5 Å². The van der Waals surface area contributed by atoms with E-state index in [-0.39, 0.29) is 24.1 Å². The Morgan fingerprint density at radius 3 is 2.94 bits per heavy atom. The molecule has 1 heterocycles. The number of anilines is 1. The van der Waals surface area contributed by atoms with Gasteiger partial charge >= 0.3 is 0 Å². The lowest BCUT2D eigenvalue weighted by Gasteiger charge is -2.06. The average molecular weight is 248 g/mol. The first kappa shape index (κ1) is 11.9. The summed E-state index contributed by atoms with van der Waals surface area (Å²) in [5.41, 5.74) is 0. The lowest BCUT2D eigenvalue weighted by molar-refractivity contribution is -0.118. The van der Waals surface area contributed by atoms with Gasteiger partial charge in [0.25, 0.3) is 5.91 Å². The fraction of sp³-hybridized carbons (Fsp3) is 0.182. The molecule has 0 saturated heterocycles. The zero-order valence-corrected chi connectivity index (χ0v) is 9.67. The highest BCUT2D eigenvalue weighted by Crippen LogP contribution is 2.23. The number of carbonyl (C=O) groups is 1. The predicted molar refractivity (Wildman–Crippen MR) is 63.4 cm³/mol. The van der Waals surface area contributed by atoms with Gasteiger partial charge in [0.05, 0.1) is 0 Å². The summed E-state index contributed by atoms with van der Waals surface area (Å²) in [6.07, 6.45) is 0. The predicted octanol–water partition coefficient (Wildman–Crippen LogP) is 0.836. The van der Waals surface area contributed by atoms with Gasteiger partial charge in [-0.25, -0.2) is 0 Å². The minimum absolute atomic E-state index is 0.0148. The summed E-state index contributed by atoms with van der Waals surface area (Å²) < 4.78 is 5.15. The Hall–Kier alpha value is -2.57. The Kier molecular flexibility index (Phi) is 3.42. The Labute approximate surface area is 103 Å². The number of phenols is 1. The Morgan fingerprint density at radius 2 is 2.28 bits per heavy atom. The second kappa shape index (κ2) is 5.17. The summed E-state index contributed by atoms with van der Waals surface area (Å²) in [4.78, 5) is 15.4. The summed E-state index contributed by atoms with van der Waals surface area (Å²) >= 11 is 0. The van der Waals surface area contributed by atoms with Gasteiger partial charge in [0.15, 0.2) is 18.1 Å². The third kappa shape index (κ3) is 2.97. The molecule has 0 fully saturated rings. The van der Waals surface area contributed by atoms with Gasteiger partial charge in [0.2, 0.25) is 5.95 Å². The third-order valence-corrected chi connectivity index (χ3v) is 2.07. The van der Waals surface area contributed by atoms with Crippen molar-refractivity contribution < 1.29 is 14.6 Å². The standard InChI is InChI=1S/C11H12N4O3/c1-7-12-11(15-14-7)13-10(17)6-18-9-5-3-2-4-8(9)16/h2-5,16H,6H2,1H3,(H2,12,13,14,15,17). The zero-order chi connectivity index (χ0) is 13.0. The molecule has 0 unspecified atom stereocenters. The number of aromatic nitrogens is 3. The minimum atomic E-state index is -0.405. The molecule has 2 rings (SSSR count). The maximum absolute atomic E-state index is 11.5. The normalized spacial score (nSPS) is 10.1. The first-order valence-corrected chi connectivity index (χ1v) is 5.25. The van der Waals surface area contributed by atoms with Crippen LogP contribution in [0.3, 0.4) is 0 Å². The van der Waals surface area contributed by atoms with Crippen molar-refractivity contribution in [3.8, 4) is 11.5 Å². The molecular formula is C11H12N4O3. The van der Waals surface area contributed by atoms with Gasteiger partial charge in [0.1, 0.15) is 5.82 Å². The fourth-order valence-corrected chi connectivity index (χ4v) is 1.28. The fourth-order valence-electron chi connectivity index (χ4n) is 1.28. The molecule has 0 bridgehead atoms. The van der Waals surface area contributed by atoms with E-state index in [9.17, 15) is 9.90 Å². The number of hydrogen-bond acceptors (Lipinski definition) is 5.